The third-order valence-electron chi connectivity index (χ3n) is 0.179. The van der Waals surface area contributed by atoms with Crippen LogP contribution in [0.2, 0.25) is 0 Å². The summed E-state index contributed by atoms with van der Waals surface area (Å²) >= 11 is 0. The molecule has 0 aliphatic heterocycles. The van der Waals surface area contributed by atoms with E-state index in [4.69, 9.17) is 5.11 Å². The highest BCUT2D eigenvalue weighted by Gasteiger charge is 1.75. The molecule has 0 saturated carbocycles. The second-order valence-electron chi connectivity index (χ2n) is 0.574. The largest absolute Gasteiger partial charge is 0.472 e. The summed E-state index contributed by atoms with van der Waals surface area (Å²) in [7, 11) is 4.49. The van der Waals surface area contributed by atoms with Crippen LogP contribution in [0.25, 0.3) is 0 Å². The molecule has 2 radical (unpaired) electrons. The molecule has 0 saturated heterocycles. The number of hydrogen-bond donors (Lipinski definition) is 1. The highest BCUT2D eigenvalue weighted by Crippen LogP contribution is 1.48. The maximum atomic E-state index is 9.35. The van der Waals surface area contributed by atoms with Gasteiger partial charge in [-0.05, 0) is 0 Å². The van der Waals surface area contributed by atoms with Crippen LogP contribution in [-0.2, 0) is 4.79 Å². The molecule has 0 aromatic rings. The van der Waals surface area contributed by atoms with Gasteiger partial charge in [0.1, 0.15) is 0 Å². The summed E-state index contributed by atoms with van der Waals surface area (Å²) in [6.45, 7) is 0. The molecule has 0 rings (SSSR count). The molecule has 0 aliphatic carbocycles. The quantitative estimate of drug-likeness (QED) is 0.305. The van der Waals surface area contributed by atoms with Crippen LogP contribution in [0.3, 0.4) is 0 Å². The minimum Gasteiger partial charge on any atom is -0.472 e. The molecule has 0 aromatic heterocycles. The van der Waals surface area contributed by atoms with Gasteiger partial charge < -0.3 is 5.11 Å². The predicted octanol–water partition coefficient (Wildman–Crippen LogP) is -0.800. The number of carboxylic acid groups (broad SMARTS) is 1. The highest BCUT2D eigenvalue weighted by molar-refractivity contribution is 6.23. The number of carbonyl (C=O) groups is 1. The van der Waals surface area contributed by atoms with Crippen molar-refractivity contribution >= 4 is 13.8 Å². The summed E-state index contributed by atoms with van der Waals surface area (Å²) < 4.78 is 0. The van der Waals surface area contributed by atoms with E-state index in [-0.39, 0.29) is 0 Å². The Labute approximate surface area is 36.6 Å². The summed E-state index contributed by atoms with van der Waals surface area (Å²) in [5.74, 6) is 2.17. The van der Waals surface area contributed by atoms with Gasteiger partial charge in [0.25, 0.3) is 0 Å². The van der Waals surface area contributed by atoms with Gasteiger partial charge in [-0.25, -0.2) is 4.79 Å². The normalized spacial score (nSPS) is 5.33. The van der Waals surface area contributed by atoms with Crippen molar-refractivity contribution < 1.29 is 9.90 Å². The molecule has 0 aromatic carbocycles. The fraction of sp³-hybridized carbons (Fsp3) is 0. The van der Waals surface area contributed by atoms with Crippen molar-refractivity contribution in [1.82, 2.24) is 0 Å². The molecular formula is C3HBO2. The molecule has 1 N–H and O–H groups in total. The molecule has 0 bridgehead atoms. The van der Waals surface area contributed by atoms with Crippen LogP contribution in [-0.4, -0.2) is 18.9 Å². The van der Waals surface area contributed by atoms with Gasteiger partial charge in [-0.1, -0.05) is 0 Å². The standard InChI is InChI=1S/C3HBO2/c4-2-1-3(5)6/h(H,5,6). The third kappa shape index (κ3) is 3.09. The molecule has 6 heavy (non-hydrogen) atoms. The molecule has 3 heteroatoms. The molecule has 0 amide bonds. The zero-order chi connectivity index (χ0) is 4.99. The van der Waals surface area contributed by atoms with E-state index >= 15 is 0 Å². The maximum Gasteiger partial charge on any atom is 0.380 e. The monoisotopic (exact) mass is 80.0 g/mol. The molecular weight excluding hydrogens is 78.8 g/mol. The Morgan fingerprint density at radius 3 is 2.33 bits per heavy atom. The molecule has 28 valence electrons. The Morgan fingerprint density at radius 1 is 1.83 bits per heavy atom. The average Bonchev–Trinajstić information content (AvgIpc) is 1.35. The Hall–Kier alpha value is -0.905. The molecule has 0 heterocycles. The Morgan fingerprint density at radius 2 is 2.33 bits per heavy atom. The van der Waals surface area contributed by atoms with Gasteiger partial charge in [-0.15, -0.1) is 0 Å². The summed E-state index contributed by atoms with van der Waals surface area (Å²) in [5, 5.41) is 7.66. The van der Waals surface area contributed by atoms with E-state index < -0.39 is 5.97 Å². The van der Waals surface area contributed by atoms with E-state index in [9.17, 15) is 4.79 Å². The van der Waals surface area contributed by atoms with Crippen LogP contribution in [0.5, 0.6) is 0 Å². The van der Waals surface area contributed by atoms with E-state index in [0.717, 1.165) is 0 Å². The lowest BCUT2D eigenvalue weighted by atomic mass is 10.2. The maximum absolute atomic E-state index is 9.35. The third-order valence-corrected chi connectivity index (χ3v) is 0.179. The van der Waals surface area contributed by atoms with E-state index in [1.165, 1.54) is 0 Å². The van der Waals surface area contributed by atoms with Crippen LogP contribution in [0, 0.1) is 11.7 Å². The first kappa shape index (κ1) is 5.09. The lowest BCUT2D eigenvalue weighted by Crippen LogP contribution is -1.85. The zero-order valence-corrected chi connectivity index (χ0v) is 2.93. The number of carboxylic acids is 1. The summed E-state index contributed by atoms with van der Waals surface area (Å²) in [6.07, 6.45) is 0. The number of rotatable bonds is 0. The molecule has 0 unspecified atom stereocenters. The molecule has 0 fully saturated rings. The summed E-state index contributed by atoms with van der Waals surface area (Å²) in [6, 6.07) is 0. The molecule has 0 atom stereocenters. The van der Waals surface area contributed by atoms with Gasteiger partial charge >= 0.3 is 5.97 Å². The van der Waals surface area contributed by atoms with E-state index in [0.29, 0.717) is 0 Å². The summed E-state index contributed by atoms with van der Waals surface area (Å²) in [5.41, 5.74) is 0. The minimum absolute atomic E-state index is 1.20. The van der Waals surface area contributed by atoms with Crippen LogP contribution < -0.4 is 0 Å². The van der Waals surface area contributed by atoms with Crippen molar-refractivity contribution in [3.8, 4) is 11.7 Å². The Kier molecular flexibility index (Phi) is 1.99. The van der Waals surface area contributed by atoms with Gasteiger partial charge in [-0.3, -0.25) is 0 Å². The lowest BCUT2D eigenvalue weighted by molar-refractivity contribution is -0.130. The first-order valence-electron chi connectivity index (χ1n) is 1.22. The van der Waals surface area contributed by atoms with Gasteiger partial charge in [-0.2, -0.15) is 5.82 Å². The van der Waals surface area contributed by atoms with Gasteiger partial charge in [0.15, 0.2) is 7.85 Å². The van der Waals surface area contributed by atoms with Crippen LogP contribution in [0.15, 0.2) is 0 Å². The predicted molar refractivity (Wildman–Crippen MR) is 21.2 cm³/mol. The average molecular weight is 79.9 g/mol. The van der Waals surface area contributed by atoms with E-state index in [1.807, 2.05) is 0 Å². The van der Waals surface area contributed by atoms with Crippen molar-refractivity contribution in [2.45, 2.75) is 0 Å². The topological polar surface area (TPSA) is 37.3 Å². The van der Waals surface area contributed by atoms with Crippen molar-refractivity contribution in [1.29, 1.82) is 0 Å². The van der Waals surface area contributed by atoms with Crippen molar-refractivity contribution in [2.24, 2.45) is 0 Å². The fourth-order valence-electron chi connectivity index (χ4n) is 0.0617. The number of hydrogen-bond acceptors (Lipinski definition) is 1. The van der Waals surface area contributed by atoms with E-state index in [2.05, 4.69) is 7.85 Å². The van der Waals surface area contributed by atoms with Crippen LogP contribution >= 0.6 is 0 Å². The van der Waals surface area contributed by atoms with Crippen LogP contribution in [0.1, 0.15) is 0 Å². The first-order valence-corrected chi connectivity index (χ1v) is 1.22. The van der Waals surface area contributed by atoms with Gasteiger partial charge in [0.2, 0.25) is 0 Å². The molecule has 0 aliphatic rings. The Balaban J connectivity index is 3.50. The lowest BCUT2D eigenvalue weighted by Gasteiger charge is -1.63. The van der Waals surface area contributed by atoms with Crippen molar-refractivity contribution in [3.63, 3.8) is 0 Å². The second-order valence-corrected chi connectivity index (χ2v) is 0.574. The Bertz CT molecular complexity index is 108. The molecule has 0 spiro atoms. The van der Waals surface area contributed by atoms with Gasteiger partial charge in [0.05, 0.1) is 0 Å². The van der Waals surface area contributed by atoms with Crippen molar-refractivity contribution in [3.05, 3.63) is 0 Å². The second kappa shape index (κ2) is 2.34. The zero-order valence-electron chi connectivity index (χ0n) is 2.93. The fourth-order valence-corrected chi connectivity index (χ4v) is 0.0617. The smallest absolute Gasteiger partial charge is 0.380 e. The number of aliphatic carboxylic acids is 1. The van der Waals surface area contributed by atoms with Crippen LogP contribution in [0.4, 0.5) is 0 Å². The molecule has 2 nitrogen and oxygen atoms in total. The van der Waals surface area contributed by atoms with Gasteiger partial charge in [0, 0.05) is 5.92 Å². The highest BCUT2D eigenvalue weighted by atomic mass is 16.4. The first-order chi connectivity index (χ1) is 2.77. The minimum atomic E-state index is -1.20. The van der Waals surface area contributed by atoms with Crippen molar-refractivity contribution in [2.75, 3.05) is 0 Å². The summed E-state index contributed by atoms with van der Waals surface area (Å²) in [4.78, 5) is 9.35. The van der Waals surface area contributed by atoms with E-state index in [1.54, 1.807) is 11.7 Å². The SMILES string of the molecule is [B]C#CC(=O)O.